The van der Waals surface area contributed by atoms with Gasteiger partial charge < -0.3 is 9.84 Å². The second kappa shape index (κ2) is 7.12. The third-order valence-corrected chi connectivity index (χ3v) is 2.86. The normalized spacial score (nSPS) is 11.7. The van der Waals surface area contributed by atoms with Crippen LogP contribution in [0.15, 0.2) is 41.4 Å². The van der Waals surface area contributed by atoms with Crippen molar-refractivity contribution >= 4 is 18.4 Å². The SMILES string of the molecule is C=N/C(=C\C=C/C)c1cc(C(=O)O)nn1-c1ccc(OC)nn1. The number of rotatable bonds is 6. The average Bonchev–Trinajstić information content (AvgIpc) is 3.01. The first-order valence-corrected chi connectivity index (χ1v) is 6.62. The van der Waals surface area contributed by atoms with Gasteiger partial charge in [0.25, 0.3) is 0 Å². The van der Waals surface area contributed by atoms with Gasteiger partial charge in [-0.15, -0.1) is 10.2 Å². The number of methoxy groups -OCH3 is 1. The van der Waals surface area contributed by atoms with Gasteiger partial charge in [0, 0.05) is 12.1 Å². The fraction of sp³-hybridized carbons (Fsp3) is 0.133. The molecule has 8 nitrogen and oxygen atoms in total. The second-order valence-corrected chi connectivity index (χ2v) is 4.30. The first kappa shape index (κ1) is 16.1. The molecule has 2 rings (SSSR count). The minimum absolute atomic E-state index is 0.132. The van der Waals surface area contributed by atoms with Crippen molar-refractivity contribution in [2.24, 2.45) is 4.99 Å². The minimum Gasteiger partial charge on any atom is -0.480 e. The number of aromatic carboxylic acids is 1. The van der Waals surface area contributed by atoms with E-state index in [1.807, 2.05) is 13.0 Å². The van der Waals surface area contributed by atoms with Gasteiger partial charge in [0.2, 0.25) is 5.88 Å². The molecule has 0 aliphatic carbocycles. The number of allylic oxidation sites excluding steroid dienone is 3. The zero-order valence-corrected chi connectivity index (χ0v) is 12.7. The molecule has 2 aromatic heterocycles. The molecule has 0 aliphatic heterocycles. The molecular formula is C15H15N5O3. The number of aliphatic imine (C=N–C) groups is 1. The van der Waals surface area contributed by atoms with Crippen molar-refractivity contribution in [2.45, 2.75) is 6.92 Å². The number of nitrogens with zero attached hydrogens (tertiary/aromatic N) is 5. The van der Waals surface area contributed by atoms with Gasteiger partial charge in [0.05, 0.1) is 18.5 Å². The Hall–Kier alpha value is -3.29. The zero-order chi connectivity index (χ0) is 16.8. The minimum atomic E-state index is -1.15. The maximum absolute atomic E-state index is 11.2. The molecule has 0 saturated carbocycles. The van der Waals surface area contributed by atoms with Crippen molar-refractivity contribution in [2.75, 3.05) is 7.11 Å². The lowest BCUT2D eigenvalue weighted by Crippen LogP contribution is -2.06. The molecule has 23 heavy (non-hydrogen) atoms. The van der Waals surface area contributed by atoms with E-state index < -0.39 is 5.97 Å². The van der Waals surface area contributed by atoms with Gasteiger partial charge in [-0.2, -0.15) is 5.10 Å². The monoisotopic (exact) mass is 313 g/mol. The van der Waals surface area contributed by atoms with E-state index in [9.17, 15) is 9.90 Å². The summed E-state index contributed by atoms with van der Waals surface area (Å²) in [4.78, 5) is 15.1. The van der Waals surface area contributed by atoms with Crippen LogP contribution < -0.4 is 4.74 Å². The van der Waals surface area contributed by atoms with Crippen LogP contribution >= 0.6 is 0 Å². The fourth-order valence-corrected chi connectivity index (χ4v) is 1.78. The highest BCUT2D eigenvalue weighted by molar-refractivity contribution is 5.87. The fourth-order valence-electron chi connectivity index (χ4n) is 1.78. The van der Waals surface area contributed by atoms with Gasteiger partial charge in [0.1, 0.15) is 0 Å². The van der Waals surface area contributed by atoms with Crippen LogP contribution in [0.2, 0.25) is 0 Å². The molecule has 0 atom stereocenters. The summed E-state index contributed by atoms with van der Waals surface area (Å²) in [6.45, 7) is 5.36. The Bertz CT molecular complexity index is 775. The molecule has 0 spiro atoms. The van der Waals surface area contributed by atoms with Crippen LogP contribution in [0.1, 0.15) is 23.1 Å². The lowest BCUT2D eigenvalue weighted by Gasteiger charge is -2.06. The molecule has 0 unspecified atom stereocenters. The summed E-state index contributed by atoms with van der Waals surface area (Å²) in [6.07, 6.45) is 5.28. The maximum Gasteiger partial charge on any atom is 0.356 e. The Balaban J connectivity index is 2.60. The van der Waals surface area contributed by atoms with E-state index in [1.54, 1.807) is 24.3 Å². The van der Waals surface area contributed by atoms with Gasteiger partial charge in [-0.25, -0.2) is 9.48 Å². The molecule has 2 heterocycles. The first-order chi connectivity index (χ1) is 11.1. The molecule has 118 valence electrons. The van der Waals surface area contributed by atoms with E-state index in [0.717, 1.165) is 0 Å². The highest BCUT2D eigenvalue weighted by Crippen LogP contribution is 2.21. The predicted molar refractivity (Wildman–Crippen MR) is 85.0 cm³/mol. The molecule has 0 radical (unpaired) electrons. The molecular weight excluding hydrogens is 298 g/mol. The zero-order valence-electron chi connectivity index (χ0n) is 12.7. The number of carboxylic acid groups (broad SMARTS) is 1. The molecule has 0 fully saturated rings. The van der Waals surface area contributed by atoms with E-state index in [4.69, 9.17) is 4.74 Å². The second-order valence-electron chi connectivity index (χ2n) is 4.30. The molecule has 0 amide bonds. The standard InChI is InChI=1S/C15H15N5O3/c1-4-5-6-10(16-2)12-9-11(15(21)22)19-20(12)13-7-8-14(23-3)18-17-13/h4-9H,2H2,1,3H3,(H,21,22)/b5-4-,10-6-. The topological polar surface area (TPSA) is 102 Å². The molecule has 1 N–H and O–H groups in total. The van der Waals surface area contributed by atoms with Crippen LogP contribution in [-0.4, -0.2) is 44.9 Å². The third-order valence-electron chi connectivity index (χ3n) is 2.86. The van der Waals surface area contributed by atoms with Crippen LogP contribution in [0.3, 0.4) is 0 Å². The van der Waals surface area contributed by atoms with Crippen molar-refractivity contribution in [1.29, 1.82) is 0 Å². The van der Waals surface area contributed by atoms with E-state index in [0.29, 0.717) is 23.1 Å². The Kier molecular flexibility index (Phi) is 4.98. The van der Waals surface area contributed by atoms with Gasteiger partial charge in [-0.3, -0.25) is 4.99 Å². The van der Waals surface area contributed by atoms with Gasteiger partial charge in [-0.1, -0.05) is 12.2 Å². The maximum atomic E-state index is 11.2. The first-order valence-electron chi connectivity index (χ1n) is 6.62. The molecule has 0 aliphatic rings. The summed E-state index contributed by atoms with van der Waals surface area (Å²) in [5.41, 5.74) is 0.767. The van der Waals surface area contributed by atoms with Crippen molar-refractivity contribution in [3.05, 3.63) is 47.8 Å². The highest BCUT2D eigenvalue weighted by atomic mass is 16.5. The van der Waals surface area contributed by atoms with Crippen molar-refractivity contribution in [3.8, 4) is 11.7 Å². The number of hydrogen-bond acceptors (Lipinski definition) is 6. The largest absolute Gasteiger partial charge is 0.480 e. The smallest absolute Gasteiger partial charge is 0.356 e. The molecule has 0 aromatic carbocycles. The van der Waals surface area contributed by atoms with Crippen molar-refractivity contribution in [1.82, 2.24) is 20.0 Å². The van der Waals surface area contributed by atoms with Gasteiger partial charge in [0.15, 0.2) is 11.5 Å². The molecule has 2 aromatic rings. The van der Waals surface area contributed by atoms with E-state index in [2.05, 4.69) is 27.0 Å². The number of aromatic nitrogens is 4. The van der Waals surface area contributed by atoms with Crippen molar-refractivity contribution < 1.29 is 14.6 Å². The Morgan fingerprint density at radius 2 is 2.22 bits per heavy atom. The average molecular weight is 313 g/mol. The van der Waals surface area contributed by atoms with Crippen LogP contribution in [0.4, 0.5) is 0 Å². The van der Waals surface area contributed by atoms with Crippen molar-refractivity contribution in [3.63, 3.8) is 0 Å². The summed E-state index contributed by atoms with van der Waals surface area (Å²) in [6, 6.07) is 4.62. The Morgan fingerprint density at radius 1 is 1.43 bits per heavy atom. The number of ether oxygens (including phenoxy) is 1. The number of carboxylic acids is 1. The van der Waals surface area contributed by atoms with Crippen LogP contribution in [-0.2, 0) is 0 Å². The number of hydrogen-bond donors (Lipinski definition) is 1. The van der Waals surface area contributed by atoms with Crippen LogP contribution in [0, 0.1) is 0 Å². The number of carbonyl (C=O) groups is 1. The summed E-state index contributed by atoms with van der Waals surface area (Å²) in [5.74, 6) is -0.475. The summed E-state index contributed by atoms with van der Waals surface area (Å²) in [5, 5.41) is 21.0. The predicted octanol–water partition coefficient (Wildman–Crippen LogP) is 1.99. The third kappa shape index (κ3) is 3.49. The highest BCUT2D eigenvalue weighted by Gasteiger charge is 2.18. The Labute approximate surface area is 132 Å². The summed E-state index contributed by atoms with van der Waals surface area (Å²) >= 11 is 0. The van der Waals surface area contributed by atoms with E-state index in [-0.39, 0.29) is 5.69 Å². The van der Waals surface area contributed by atoms with E-state index >= 15 is 0 Å². The van der Waals surface area contributed by atoms with Gasteiger partial charge >= 0.3 is 5.97 Å². The van der Waals surface area contributed by atoms with Gasteiger partial charge in [-0.05, 0) is 25.8 Å². The van der Waals surface area contributed by atoms with Crippen LogP contribution in [0.25, 0.3) is 11.5 Å². The summed E-state index contributed by atoms with van der Waals surface area (Å²) < 4.78 is 6.30. The van der Waals surface area contributed by atoms with Crippen LogP contribution in [0.5, 0.6) is 5.88 Å². The van der Waals surface area contributed by atoms with E-state index in [1.165, 1.54) is 17.9 Å². The summed E-state index contributed by atoms with van der Waals surface area (Å²) in [7, 11) is 1.48. The lowest BCUT2D eigenvalue weighted by atomic mass is 10.2. The lowest BCUT2D eigenvalue weighted by molar-refractivity contribution is 0.0690. The molecule has 0 bridgehead atoms. The quantitative estimate of drug-likeness (QED) is 0.646. The Morgan fingerprint density at radius 3 is 2.74 bits per heavy atom. The molecule has 8 heteroatoms. The molecule has 0 saturated heterocycles.